The van der Waals surface area contributed by atoms with E-state index in [2.05, 4.69) is 47.4 Å². The fourth-order valence-corrected chi connectivity index (χ4v) is 2.71. The van der Waals surface area contributed by atoms with E-state index in [-0.39, 0.29) is 0 Å². The highest BCUT2D eigenvalue weighted by Gasteiger charge is 2.22. The lowest BCUT2D eigenvalue weighted by Gasteiger charge is -2.11. The zero-order valence-electron chi connectivity index (χ0n) is 8.55. The molecule has 0 atom stereocenters. The standard InChI is InChI=1S/C10H11BN3S/c1-13-6-7-14(11-13)10-12-8-4-2-3-5-9(8)15-10/h2-5H,6-7H2,1H3. The lowest BCUT2D eigenvalue weighted by atomic mass is 10.1. The van der Waals surface area contributed by atoms with Gasteiger partial charge in [-0.25, -0.2) is 4.98 Å². The van der Waals surface area contributed by atoms with Gasteiger partial charge in [-0.1, -0.05) is 23.5 Å². The van der Waals surface area contributed by atoms with Crippen LogP contribution in [0.15, 0.2) is 24.3 Å². The second kappa shape index (κ2) is 3.50. The van der Waals surface area contributed by atoms with Gasteiger partial charge < -0.3 is 9.62 Å². The largest absolute Gasteiger partial charge is 0.379 e. The number of nitrogens with zero attached hydrogens (tertiary/aromatic N) is 3. The molecular weight excluding hydrogens is 205 g/mol. The molecule has 1 radical (unpaired) electrons. The zero-order chi connectivity index (χ0) is 10.3. The average molecular weight is 216 g/mol. The quantitative estimate of drug-likeness (QED) is 0.674. The van der Waals surface area contributed by atoms with E-state index in [1.165, 1.54) is 4.70 Å². The zero-order valence-corrected chi connectivity index (χ0v) is 9.37. The highest BCUT2D eigenvalue weighted by Crippen LogP contribution is 2.28. The molecule has 1 aromatic heterocycles. The number of aromatic nitrogens is 1. The minimum atomic E-state index is 1.04. The Bertz CT molecular complexity index is 451. The molecule has 1 aromatic carbocycles. The lowest BCUT2D eigenvalue weighted by Crippen LogP contribution is -2.26. The molecule has 2 heterocycles. The molecule has 3 nitrogen and oxygen atoms in total. The van der Waals surface area contributed by atoms with Crippen LogP contribution in [0.4, 0.5) is 5.13 Å². The van der Waals surface area contributed by atoms with Crippen LogP contribution >= 0.6 is 11.3 Å². The molecule has 0 saturated carbocycles. The van der Waals surface area contributed by atoms with Gasteiger partial charge in [0.1, 0.15) is 0 Å². The molecule has 3 rings (SSSR count). The average Bonchev–Trinajstić information content (AvgIpc) is 2.82. The number of anilines is 1. The highest BCUT2D eigenvalue weighted by molar-refractivity contribution is 7.22. The Morgan fingerprint density at radius 2 is 2.20 bits per heavy atom. The van der Waals surface area contributed by atoms with Crippen molar-refractivity contribution in [1.29, 1.82) is 0 Å². The molecule has 15 heavy (non-hydrogen) atoms. The van der Waals surface area contributed by atoms with Crippen LogP contribution in [-0.4, -0.2) is 37.5 Å². The van der Waals surface area contributed by atoms with E-state index >= 15 is 0 Å². The van der Waals surface area contributed by atoms with Gasteiger partial charge in [-0.15, -0.1) is 0 Å². The van der Waals surface area contributed by atoms with E-state index < -0.39 is 0 Å². The smallest absolute Gasteiger partial charge is 0.353 e. The van der Waals surface area contributed by atoms with Crippen LogP contribution in [0.3, 0.4) is 0 Å². The SMILES string of the molecule is CN1[B]N(c2nc3ccccc3s2)CC1. The van der Waals surface area contributed by atoms with Crippen LogP contribution in [0.1, 0.15) is 0 Å². The van der Waals surface area contributed by atoms with Gasteiger partial charge >= 0.3 is 7.55 Å². The Morgan fingerprint density at radius 1 is 1.33 bits per heavy atom. The van der Waals surface area contributed by atoms with Crippen molar-refractivity contribution in [1.82, 2.24) is 9.79 Å². The number of benzene rings is 1. The number of hydrogen-bond donors (Lipinski definition) is 0. The first-order valence-corrected chi connectivity index (χ1v) is 5.82. The summed E-state index contributed by atoms with van der Waals surface area (Å²) in [5, 5.41) is 1.10. The molecule has 0 spiro atoms. The van der Waals surface area contributed by atoms with Crippen molar-refractivity contribution in [3.05, 3.63) is 24.3 Å². The Hall–Kier alpha value is -1.07. The molecule has 0 bridgehead atoms. The van der Waals surface area contributed by atoms with Crippen molar-refractivity contribution >= 4 is 34.2 Å². The van der Waals surface area contributed by atoms with E-state index in [0.717, 1.165) is 23.7 Å². The predicted molar refractivity (Wildman–Crippen MR) is 65.4 cm³/mol. The summed E-state index contributed by atoms with van der Waals surface area (Å²) < 4.78 is 1.26. The van der Waals surface area contributed by atoms with E-state index in [1.54, 1.807) is 11.3 Å². The van der Waals surface area contributed by atoms with Gasteiger partial charge in [0.25, 0.3) is 0 Å². The Balaban J connectivity index is 1.98. The summed E-state index contributed by atoms with van der Waals surface area (Å²) in [6.45, 7) is 2.12. The third kappa shape index (κ3) is 1.62. The maximum atomic E-state index is 4.62. The van der Waals surface area contributed by atoms with E-state index in [9.17, 15) is 0 Å². The molecule has 0 N–H and O–H groups in total. The third-order valence-corrected chi connectivity index (χ3v) is 3.63. The van der Waals surface area contributed by atoms with E-state index in [0.29, 0.717) is 0 Å². The molecule has 75 valence electrons. The minimum absolute atomic E-state index is 1.04. The minimum Gasteiger partial charge on any atom is -0.379 e. The summed E-state index contributed by atoms with van der Waals surface area (Å²) >= 11 is 1.75. The summed E-state index contributed by atoms with van der Waals surface area (Å²) in [4.78, 5) is 9.02. The number of fused-ring (bicyclic) bond motifs is 1. The van der Waals surface area contributed by atoms with Crippen LogP contribution in [0.2, 0.25) is 0 Å². The summed E-state index contributed by atoms with van der Waals surface area (Å²) in [6, 6.07) is 8.28. The van der Waals surface area contributed by atoms with Crippen molar-refractivity contribution in [3.8, 4) is 0 Å². The first-order valence-electron chi connectivity index (χ1n) is 5.00. The van der Waals surface area contributed by atoms with Crippen molar-refractivity contribution in [3.63, 3.8) is 0 Å². The highest BCUT2D eigenvalue weighted by atomic mass is 32.1. The Labute approximate surface area is 93.6 Å². The maximum Gasteiger partial charge on any atom is 0.353 e. The van der Waals surface area contributed by atoms with E-state index in [4.69, 9.17) is 0 Å². The Morgan fingerprint density at radius 3 is 2.93 bits per heavy atom. The summed E-state index contributed by atoms with van der Waals surface area (Å²) in [6.07, 6.45) is 0. The molecule has 5 heteroatoms. The fourth-order valence-electron chi connectivity index (χ4n) is 1.75. The topological polar surface area (TPSA) is 19.4 Å². The lowest BCUT2D eigenvalue weighted by molar-refractivity contribution is 0.590. The van der Waals surface area contributed by atoms with Crippen LogP contribution in [0.5, 0.6) is 0 Å². The van der Waals surface area contributed by atoms with Crippen molar-refractivity contribution < 1.29 is 0 Å². The summed E-state index contributed by atoms with van der Waals surface area (Å²) in [5.74, 6) is 0. The molecule has 1 aliphatic rings. The molecule has 1 aliphatic heterocycles. The van der Waals surface area contributed by atoms with Crippen LogP contribution < -0.4 is 4.81 Å². The predicted octanol–water partition coefficient (Wildman–Crippen LogP) is 1.58. The number of thiazole rings is 1. The number of rotatable bonds is 1. The Kier molecular flexibility index (Phi) is 2.14. The third-order valence-electron chi connectivity index (χ3n) is 2.56. The van der Waals surface area contributed by atoms with Gasteiger partial charge in [0.05, 0.1) is 10.2 Å². The first kappa shape index (κ1) is 9.18. The molecule has 1 fully saturated rings. The molecule has 2 aromatic rings. The van der Waals surface area contributed by atoms with Gasteiger partial charge in [-0.2, -0.15) is 0 Å². The van der Waals surface area contributed by atoms with Gasteiger partial charge in [0.2, 0.25) is 0 Å². The normalized spacial score (nSPS) is 17.3. The summed E-state index contributed by atoms with van der Waals surface area (Å²) in [7, 11) is 4.21. The molecule has 1 saturated heterocycles. The molecule has 0 amide bonds. The second-order valence-corrected chi connectivity index (χ2v) is 4.76. The first-order chi connectivity index (χ1) is 7.33. The van der Waals surface area contributed by atoms with Gasteiger partial charge in [0.15, 0.2) is 5.13 Å². The monoisotopic (exact) mass is 216 g/mol. The van der Waals surface area contributed by atoms with Crippen molar-refractivity contribution in [2.24, 2.45) is 0 Å². The van der Waals surface area contributed by atoms with Gasteiger partial charge in [-0.3, -0.25) is 0 Å². The van der Waals surface area contributed by atoms with Crippen LogP contribution in [0.25, 0.3) is 10.2 Å². The van der Waals surface area contributed by atoms with Crippen LogP contribution in [-0.2, 0) is 0 Å². The number of para-hydroxylation sites is 1. The molecule has 0 unspecified atom stereocenters. The number of hydrogen-bond acceptors (Lipinski definition) is 4. The number of likely N-dealkylation sites (N-methyl/N-ethyl adjacent to an activating group) is 1. The molecular formula is C10H11BN3S. The summed E-state index contributed by atoms with van der Waals surface area (Å²) in [5.41, 5.74) is 1.10. The molecule has 0 aliphatic carbocycles. The van der Waals surface area contributed by atoms with Gasteiger partial charge in [-0.05, 0) is 19.2 Å². The fraction of sp³-hybridized carbons (Fsp3) is 0.300. The van der Waals surface area contributed by atoms with E-state index in [1.807, 2.05) is 6.07 Å². The second-order valence-electron chi connectivity index (χ2n) is 3.75. The maximum absolute atomic E-state index is 4.62. The van der Waals surface area contributed by atoms with Gasteiger partial charge in [0, 0.05) is 13.1 Å². The van der Waals surface area contributed by atoms with Crippen molar-refractivity contribution in [2.45, 2.75) is 0 Å². The van der Waals surface area contributed by atoms with Crippen LogP contribution in [0, 0.1) is 0 Å². The van der Waals surface area contributed by atoms with Crippen molar-refractivity contribution in [2.75, 3.05) is 24.9 Å².